The predicted octanol–water partition coefficient (Wildman–Crippen LogP) is 1.64. The van der Waals surface area contributed by atoms with Crippen LogP contribution in [0.3, 0.4) is 0 Å². The van der Waals surface area contributed by atoms with Crippen molar-refractivity contribution in [2.75, 3.05) is 40.4 Å². The highest BCUT2D eigenvalue weighted by molar-refractivity contribution is 4.96. The molecule has 0 aromatic carbocycles. The van der Waals surface area contributed by atoms with Crippen molar-refractivity contribution in [3.8, 4) is 0 Å². The van der Waals surface area contributed by atoms with Crippen LogP contribution < -0.4 is 5.32 Å². The summed E-state index contributed by atoms with van der Waals surface area (Å²) >= 11 is 0. The Morgan fingerprint density at radius 3 is 2.75 bits per heavy atom. The van der Waals surface area contributed by atoms with Gasteiger partial charge in [-0.2, -0.15) is 0 Å². The number of nitrogens with zero attached hydrogens (tertiary/aromatic N) is 1. The molecule has 3 rings (SSSR count). The predicted molar refractivity (Wildman–Crippen MR) is 80.0 cm³/mol. The fraction of sp³-hybridized carbons (Fsp3) is 1.00. The lowest BCUT2D eigenvalue weighted by atomic mass is 9.79. The van der Waals surface area contributed by atoms with Gasteiger partial charge in [0.25, 0.3) is 0 Å². The van der Waals surface area contributed by atoms with E-state index in [2.05, 4.69) is 24.3 Å². The van der Waals surface area contributed by atoms with Crippen molar-refractivity contribution < 1.29 is 9.47 Å². The first kappa shape index (κ1) is 14.8. The Kier molecular flexibility index (Phi) is 4.65. The van der Waals surface area contributed by atoms with E-state index < -0.39 is 0 Å². The minimum Gasteiger partial charge on any atom is -0.375 e. The smallest absolute Gasteiger partial charge is 0.0857 e. The number of morpholine rings is 1. The molecule has 0 bridgehead atoms. The first-order valence-corrected chi connectivity index (χ1v) is 8.34. The molecule has 116 valence electrons. The number of hydrogen-bond acceptors (Lipinski definition) is 4. The fourth-order valence-corrected chi connectivity index (χ4v) is 4.49. The van der Waals surface area contributed by atoms with E-state index in [1.54, 1.807) is 0 Å². The molecule has 1 aliphatic carbocycles. The summed E-state index contributed by atoms with van der Waals surface area (Å²) in [6.07, 6.45) is 7.97. The highest BCUT2D eigenvalue weighted by atomic mass is 16.5. The van der Waals surface area contributed by atoms with Gasteiger partial charge in [0.2, 0.25) is 0 Å². The molecule has 0 radical (unpaired) electrons. The normalized spacial score (nSPS) is 36.3. The Labute approximate surface area is 123 Å². The van der Waals surface area contributed by atoms with Gasteiger partial charge in [0.15, 0.2) is 0 Å². The molecule has 4 heteroatoms. The molecule has 2 heterocycles. The van der Waals surface area contributed by atoms with E-state index in [0.29, 0.717) is 18.1 Å². The molecule has 2 saturated heterocycles. The van der Waals surface area contributed by atoms with Crippen LogP contribution in [0.15, 0.2) is 0 Å². The van der Waals surface area contributed by atoms with E-state index in [1.165, 1.54) is 38.5 Å². The minimum atomic E-state index is 0.207. The van der Waals surface area contributed by atoms with E-state index >= 15 is 0 Å². The SMILES string of the molecule is CNC(C1CCOC2(CCCC2)C1)C1CN(C)CCO1. The van der Waals surface area contributed by atoms with Crippen molar-refractivity contribution in [3.63, 3.8) is 0 Å². The Morgan fingerprint density at radius 1 is 1.25 bits per heavy atom. The summed E-state index contributed by atoms with van der Waals surface area (Å²) in [6.45, 7) is 3.92. The van der Waals surface area contributed by atoms with Crippen LogP contribution in [-0.2, 0) is 9.47 Å². The average Bonchev–Trinajstić information content (AvgIpc) is 2.88. The molecule has 1 saturated carbocycles. The molecule has 0 aromatic heterocycles. The van der Waals surface area contributed by atoms with Crippen LogP contribution in [0.1, 0.15) is 38.5 Å². The lowest BCUT2D eigenvalue weighted by molar-refractivity contribution is -0.115. The minimum absolute atomic E-state index is 0.207. The Hall–Kier alpha value is -0.160. The topological polar surface area (TPSA) is 33.7 Å². The molecule has 0 aromatic rings. The average molecular weight is 282 g/mol. The van der Waals surface area contributed by atoms with Gasteiger partial charge < -0.3 is 19.7 Å². The van der Waals surface area contributed by atoms with Gasteiger partial charge in [-0.1, -0.05) is 12.8 Å². The van der Waals surface area contributed by atoms with Gasteiger partial charge in [-0.05, 0) is 45.7 Å². The van der Waals surface area contributed by atoms with Gasteiger partial charge in [-0.15, -0.1) is 0 Å². The van der Waals surface area contributed by atoms with E-state index in [4.69, 9.17) is 9.47 Å². The molecule has 3 fully saturated rings. The number of ether oxygens (including phenoxy) is 2. The molecular weight excluding hydrogens is 252 g/mol. The molecule has 2 aliphatic heterocycles. The quantitative estimate of drug-likeness (QED) is 0.853. The van der Waals surface area contributed by atoms with Gasteiger partial charge in [0, 0.05) is 25.7 Å². The molecule has 3 aliphatic rings. The second kappa shape index (κ2) is 6.30. The fourth-order valence-electron chi connectivity index (χ4n) is 4.49. The van der Waals surface area contributed by atoms with Gasteiger partial charge in [-0.25, -0.2) is 0 Å². The molecule has 3 unspecified atom stereocenters. The van der Waals surface area contributed by atoms with E-state index in [9.17, 15) is 0 Å². The molecule has 20 heavy (non-hydrogen) atoms. The number of nitrogens with one attached hydrogen (secondary N) is 1. The van der Waals surface area contributed by atoms with Crippen molar-refractivity contribution in [2.45, 2.75) is 56.3 Å². The zero-order chi connectivity index (χ0) is 14.0. The van der Waals surface area contributed by atoms with Crippen molar-refractivity contribution in [1.82, 2.24) is 10.2 Å². The highest BCUT2D eigenvalue weighted by Gasteiger charge is 2.43. The summed E-state index contributed by atoms with van der Waals surface area (Å²) < 4.78 is 12.2. The number of hydrogen-bond donors (Lipinski definition) is 1. The van der Waals surface area contributed by atoms with E-state index in [0.717, 1.165) is 26.3 Å². The maximum atomic E-state index is 6.18. The van der Waals surface area contributed by atoms with Gasteiger partial charge in [-0.3, -0.25) is 0 Å². The largest absolute Gasteiger partial charge is 0.375 e. The second-order valence-electron chi connectivity index (χ2n) is 6.98. The second-order valence-corrected chi connectivity index (χ2v) is 6.98. The first-order chi connectivity index (χ1) is 9.72. The summed E-state index contributed by atoms with van der Waals surface area (Å²) in [7, 11) is 4.30. The summed E-state index contributed by atoms with van der Waals surface area (Å²) in [5.74, 6) is 0.698. The number of rotatable bonds is 3. The Bertz CT molecular complexity index is 318. The van der Waals surface area contributed by atoms with E-state index in [1.807, 2.05) is 0 Å². The van der Waals surface area contributed by atoms with Crippen LogP contribution in [-0.4, -0.2) is 63.0 Å². The van der Waals surface area contributed by atoms with Crippen LogP contribution in [0, 0.1) is 5.92 Å². The highest BCUT2D eigenvalue weighted by Crippen LogP contribution is 2.43. The first-order valence-electron chi connectivity index (χ1n) is 8.34. The zero-order valence-electron chi connectivity index (χ0n) is 13.1. The molecule has 1 N–H and O–H groups in total. The van der Waals surface area contributed by atoms with Gasteiger partial charge >= 0.3 is 0 Å². The maximum absolute atomic E-state index is 6.18. The third-order valence-corrected chi connectivity index (χ3v) is 5.58. The molecule has 4 nitrogen and oxygen atoms in total. The third kappa shape index (κ3) is 3.03. The van der Waals surface area contributed by atoms with Crippen molar-refractivity contribution >= 4 is 0 Å². The van der Waals surface area contributed by atoms with Crippen molar-refractivity contribution in [1.29, 1.82) is 0 Å². The van der Waals surface area contributed by atoms with Crippen LogP contribution in [0.25, 0.3) is 0 Å². The summed E-state index contributed by atoms with van der Waals surface area (Å²) in [5, 5.41) is 3.56. The number of likely N-dealkylation sites (N-methyl/N-ethyl adjacent to an activating group) is 2. The summed E-state index contributed by atoms with van der Waals surface area (Å²) in [5.41, 5.74) is 0.207. The van der Waals surface area contributed by atoms with E-state index in [-0.39, 0.29) is 5.60 Å². The van der Waals surface area contributed by atoms with Crippen LogP contribution in [0.5, 0.6) is 0 Å². The molecular formula is C16H30N2O2. The van der Waals surface area contributed by atoms with Crippen molar-refractivity contribution in [2.24, 2.45) is 5.92 Å². The van der Waals surface area contributed by atoms with Crippen molar-refractivity contribution in [3.05, 3.63) is 0 Å². The lowest BCUT2D eigenvalue weighted by Gasteiger charge is -2.44. The van der Waals surface area contributed by atoms with Gasteiger partial charge in [0.1, 0.15) is 0 Å². The zero-order valence-corrected chi connectivity index (χ0v) is 13.1. The van der Waals surface area contributed by atoms with Crippen LogP contribution >= 0.6 is 0 Å². The molecule has 0 amide bonds. The summed E-state index contributed by atoms with van der Waals surface area (Å²) in [6, 6.07) is 0.471. The molecule has 1 spiro atoms. The lowest BCUT2D eigenvalue weighted by Crippen LogP contribution is -2.55. The standard InChI is InChI=1S/C16H30N2O2/c1-17-15(14-12-18(2)8-10-19-14)13-5-9-20-16(11-13)6-3-4-7-16/h13-15,17H,3-12H2,1-2H3. The van der Waals surface area contributed by atoms with Gasteiger partial charge in [0.05, 0.1) is 18.3 Å². The Morgan fingerprint density at radius 2 is 2.05 bits per heavy atom. The summed E-state index contributed by atoms with van der Waals surface area (Å²) in [4.78, 5) is 2.39. The van der Waals surface area contributed by atoms with Crippen LogP contribution in [0.2, 0.25) is 0 Å². The Balaban J connectivity index is 1.65. The monoisotopic (exact) mass is 282 g/mol. The third-order valence-electron chi connectivity index (χ3n) is 5.58. The van der Waals surface area contributed by atoms with Crippen LogP contribution in [0.4, 0.5) is 0 Å². The molecule has 3 atom stereocenters. The maximum Gasteiger partial charge on any atom is 0.0857 e.